The summed E-state index contributed by atoms with van der Waals surface area (Å²) in [6.07, 6.45) is 1.67. The molecule has 0 saturated carbocycles. The second-order valence-corrected chi connectivity index (χ2v) is 7.59. The van der Waals surface area contributed by atoms with Gasteiger partial charge in [-0.3, -0.25) is 4.79 Å². The smallest absolute Gasteiger partial charge is 0.263 e. The van der Waals surface area contributed by atoms with Crippen molar-refractivity contribution in [3.8, 4) is 11.5 Å². The molecule has 0 spiro atoms. The predicted octanol–water partition coefficient (Wildman–Crippen LogP) is 4.09. The molecule has 1 amide bonds. The van der Waals surface area contributed by atoms with Gasteiger partial charge in [-0.25, -0.2) is 0 Å². The monoisotopic (exact) mass is 406 g/mol. The number of fused-ring (bicyclic) bond motifs is 1. The number of carbonyl (C=O) groups excluding carboxylic acids is 1. The number of nitrogens with zero attached hydrogens (tertiary/aromatic N) is 2. The molecule has 3 rings (SSSR count). The number of ether oxygens (including phenoxy) is 2. The molecule has 2 heterocycles. The van der Waals surface area contributed by atoms with Gasteiger partial charge in [0.15, 0.2) is 18.1 Å². The highest BCUT2D eigenvalue weighted by molar-refractivity contribution is 7.16. The zero-order chi connectivity index (χ0) is 19.2. The minimum atomic E-state index is -0.179. The Labute approximate surface area is 166 Å². The zero-order valence-electron chi connectivity index (χ0n) is 14.8. The van der Waals surface area contributed by atoms with E-state index in [4.69, 9.17) is 25.9 Å². The minimum Gasteiger partial charge on any atom is -0.454 e. The van der Waals surface area contributed by atoms with Gasteiger partial charge in [0.25, 0.3) is 5.91 Å². The van der Waals surface area contributed by atoms with E-state index in [2.05, 4.69) is 11.7 Å². The Bertz CT molecular complexity index is 865. The first-order valence-corrected chi connectivity index (χ1v) is 9.45. The largest absolute Gasteiger partial charge is 0.454 e. The third-order valence-electron chi connectivity index (χ3n) is 3.86. The third kappa shape index (κ3) is 5.02. The summed E-state index contributed by atoms with van der Waals surface area (Å²) in [6, 6.07) is 9.23. The zero-order valence-corrected chi connectivity index (χ0v) is 16.4. The van der Waals surface area contributed by atoms with Gasteiger partial charge >= 0.3 is 0 Å². The maximum absolute atomic E-state index is 12.4. The molecule has 142 valence electrons. The van der Waals surface area contributed by atoms with Crippen LogP contribution in [-0.2, 0) is 16.2 Å². The molecule has 8 heteroatoms. The Hall–Kier alpha value is -2.51. The van der Waals surface area contributed by atoms with Crippen molar-refractivity contribution in [1.29, 1.82) is 0 Å². The Kier molecular flexibility index (Phi) is 6.36. The van der Waals surface area contributed by atoms with Gasteiger partial charge < -0.3 is 19.2 Å². The fourth-order valence-electron chi connectivity index (χ4n) is 2.49. The van der Waals surface area contributed by atoms with Gasteiger partial charge in [0.05, 0.1) is 16.6 Å². The maximum Gasteiger partial charge on any atom is 0.263 e. The van der Waals surface area contributed by atoms with E-state index in [0.717, 1.165) is 10.4 Å². The molecule has 0 bridgehead atoms. The summed E-state index contributed by atoms with van der Waals surface area (Å²) in [5.74, 6) is 1.20. The molecule has 0 atom stereocenters. The number of halogens is 1. The van der Waals surface area contributed by atoms with E-state index in [1.54, 1.807) is 17.9 Å². The number of hydrogen-bond acceptors (Lipinski definition) is 6. The van der Waals surface area contributed by atoms with E-state index < -0.39 is 0 Å². The number of hydrogen-bond donors (Lipinski definition) is 0. The topological polar surface area (TPSA) is 60.4 Å². The Balaban J connectivity index is 1.57. The number of thiophene rings is 1. The van der Waals surface area contributed by atoms with Gasteiger partial charge in [0.2, 0.25) is 6.79 Å². The van der Waals surface area contributed by atoms with Gasteiger partial charge in [0, 0.05) is 17.0 Å². The first-order chi connectivity index (χ1) is 13.1. The van der Waals surface area contributed by atoms with Crippen molar-refractivity contribution in [2.75, 3.05) is 19.9 Å². The molecule has 0 radical (unpaired) electrons. The summed E-state index contributed by atoms with van der Waals surface area (Å²) in [6.45, 7) is 6.44. The molecule has 1 aliphatic heterocycles. The first kappa shape index (κ1) is 19.3. The van der Waals surface area contributed by atoms with Crippen molar-refractivity contribution < 1.29 is 19.1 Å². The van der Waals surface area contributed by atoms with Gasteiger partial charge in [-0.1, -0.05) is 22.8 Å². The third-order valence-corrected chi connectivity index (χ3v) is 5.07. The number of amides is 1. The average Bonchev–Trinajstić information content (AvgIpc) is 3.29. The van der Waals surface area contributed by atoms with Crippen LogP contribution in [0.1, 0.15) is 17.4 Å². The molecule has 0 aliphatic carbocycles. The molecule has 1 aromatic carbocycles. The quantitative estimate of drug-likeness (QED) is 0.376. The summed E-state index contributed by atoms with van der Waals surface area (Å²) in [5.41, 5.74) is 1.48. The molecular weight excluding hydrogens is 388 g/mol. The lowest BCUT2D eigenvalue weighted by molar-refractivity contribution is -0.136. The van der Waals surface area contributed by atoms with E-state index >= 15 is 0 Å². The molecule has 0 fully saturated rings. The Morgan fingerprint density at radius 1 is 1.37 bits per heavy atom. The van der Waals surface area contributed by atoms with Gasteiger partial charge in [0.1, 0.15) is 0 Å². The summed E-state index contributed by atoms with van der Waals surface area (Å²) >= 11 is 7.39. The van der Waals surface area contributed by atoms with Crippen LogP contribution in [0.2, 0.25) is 4.34 Å². The van der Waals surface area contributed by atoms with Crippen molar-refractivity contribution in [2.24, 2.45) is 5.16 Å². The van der Waals surface area contributed by atoms with Crippen LogP contribution >= 0.6 is 22.9 Å². The molecule has 1 aromatic heterocycles. The van der Waals surface area contributed by atoms with Crippen LogP contribution in [0.3, 0.4) is 0 Å². The standard InChI is InChI=1S/C19H19ClN2O4S/c1-3-8-22(10-15-5-7-18(20)27-15)19(23)11-26-21-13(2)14-4-6-16-17(9-14)25-12-24-16/h3-7,9H,1,8,10-12H2,2H3/b21-13+. The van der Waals surface area contributed by atoms with Crippen molar-refractivity contribution in [3.05, 3.63) is 57.8 Å². The summed E-state index contributed by atoms with van der Waals surface area (Å²) in [7, 11) is 0. The lowest BCUT2D eigenvalue weighted by Gasteiger charge is -2.19. The highest BCUT2D eigenvalue weighted by Crippen LogP contribution is 2.32. The summed E-state index contributed by atoms with van der Waals surface area (Å²) < 4.78 is 11.3. The summed E-state index contributed by atoms with van der Waals surface area (Å²) in [4.78, 5) is 20.3. The van der Waals surface area contributed by atoms with E-state index in [0.29, 0.717) is 34.6 Å². The second kappa shape index (κ2) is 8.92. The Morgan fingerprint density at radius 2 is 2.19 bits per heavy atom. The van der Waals surface area contributed by atoms with E-state index in [-0.39, 0.29) is 19.3 Å². The number of oxime groups is 1. The van der Waals surface area contributed by atoms with Crippen LogP contribution in [0.5, 0.6) is 11.5 Å². The van der Waals surface area contributed by atoms with Gasteiger partial charge in [-0.2, -0.15) is 0 Å². The van der Waals surface area contributed by atoms with Crippen LogP contribution < -0.4 is 9.47 Å². The van der Waals surface area contributed by atoms with Crippen molar-refractivity contribution in [1.82, 2.24) is 4.90 Å². The molecule has 0 N–H and O–H groups in total. The SMILES string of the molecule is C=CCN(Cc1ccc(Cl)s1)C(=O)CO/N=C(\C)c1ccc2c(c1)OCO2. The van der Waals surface area contributed by atoms with Crippen molar-refractivity contribution >= 4 is 34.6 Å². The second-order valence-electron chi connectivity index (χ2n) is 5.79. The molecule has 0 unspecified atom stereocenters. The lowest BCUT2D eigenvalue weighted by atomic mass is 10.1. The van der Waals surface area contributed by atoms with Crippen molar-refractivity contribution in [3.63, 3.8) is 0 Å². The first-order valence-electron chi connectivity index (χ1n) is 8.26. The molecule has 2 aromatic rings. The summed E-state index contributed by atoms with van der Waals surface area (Å²) in [5, 5.41) is 4.04. The number of carbonyl (C=O) groups is 1. The number of rotatable bonds is 8. The van der Waals surface area contributed by atoms with E-state index in [1.807, 2.05) is 30.3 Å². The molecule has 0 saturated heterocycles. The molecular formula is C19H19ClN2O4S. The van der Waals surface area contributed by atoms with Crippen LogP contribution in [0.15, 0.2) is 48.1 Å². The van der Waals surface area contributed by atoms with Crippen LogP contribution in [-0.4, -0.2) is 36.5 Å². The van der Waals surface area contributed by atoms with Crippen molar-refractivity contribution in [2.45, 2.75) is 13.5 Å². The lowest BCUT2D eigenvalue weighted by Crippen LogP contribution is -2.33. The predicted molar refractivity (Wildman–Crippen MR) is 106 cm³/mol. The van der Waals surface area contributed by atoms with E-state index in [1.165, 1.54) is 11.3 Å². The van der Waals surface area contributed by atoms with Gasteiger partial charge in [-0.15, -0.1) is 17.9 Å². The molecule has 27 heavy (non-hydrogen) atoms. The van der Waals surface area contributed by atoms with Crippen LogP contribution in [0.25, 0.3) is 0 Å². The normalized spacial score (nSPS) is 12.7. The fraction of sp³-hybridized carbons (Fsp3) is 0.263. The van der Waals surface area contributed by atoms with E-state index in [9.17, 15) is 4.79 Å². The minimum absolute atomic E-state index is 0.158. The van der Waals surface area contributed by atoms with Gasteiger partial charge in [-0.05, 0) is 37.3 Å². The van der Waals surface area contributed by atoms with Crippen LogP contribution in [0, 0.1) is 0 Å². The molecule has 6 nitrogen and oxygen atoms in total. The fourth-order valence-corrected chi connectivity index (χ4v) is 3.59. The maximum atomic E-state index is 12.4. The van der Waals surface area contributed by atoms with Crippen LogP contribution in [0.4, 0.5) is 0 Å². The number of benzene rings is 1. The highest BCUT2D eigenvalue weighted by atomic mass is 35.5. The average molecular weight is 407 g/mol. The highest BCUT2D eigenvalue weighted by Gasteiger charge is 2.16. The molecule has 1 aliphatic rings. The Morgan fingerprint density at radius 3 is 2.93 bits per heavy atom.